The number of amides is 1. The number of thioether (sulfide) groups is 2. The number of carbonyl (C=O) groups excluding carboxylic acids is 2. The Hall–Kier alpha value is -1.34. The molecule has 1 amide bonds. The molecule has 1 N–H and O–H groups in total. The quantitative estimate of drug-likeness (QED) is 0.756. The van der Waals surface area contributed by atoms with Crippen LogP contribution < -0.4 is 10.1 Å². The number of carbonyl (C=O) groups is 2. The molecule has 2 rings (SSSR count). The third-order valence-electron chi connectivity index (χ3n) is 3.29. The van der Waals surface area contributed by atoms with Crippen LogP contribution in [-0.2, 0) is 20.9 Å². The zero-order chi connectivity index (χ0) is 16.5. The van der Waals surface area contributed by atoms with Crippen LogP contribution in [0.1, 0.15) is 12.0 Å². The van der Waals surface area contributed by atoms with Crippen LogP contribution in [0.2, 0.25) is 0 Å². The first-order valence-corrected chi connectivity index (χ1v) is 9.62. The Bertz CT molecular complexity index is 515. The molecule has 1 fully saturated rings. The molecule has 1 heterocycles. The minimum atomic E-state index is -0.301. The van der Waals surface area contributed by atoms with Gasteiger partial charge in [0.2, 0.25) is 0 Å². The molecule has 1 aliphatic rings. The first-order valence-electron chi connectivity index (χ1n) is 7.42. The molecule has 7 heteroatoms. The third-order valence-corrected chi connectivity index (χ3v) is 6.14. The van der Waals surface area contributed by atoms with Crippen LogP contribution in [0.15, 0.2) is 24.3 Å². The normalized spacial score (nSPS) is 17.3. The van der Waals surface area contributed by atoms with E-state index >= 15 is 0 Å². The van der Waals surface area contributed by atoms with Crippen molar-refractivity contribution in [1.29, 1.82) is 0 Å². The van der Waals surface area contributed by atoms with Gasteiger partial charge in [-0.2, -0.15) is 23.5 Å². The van der Waals surface area contributed by atoms with Crippen molar-refractivity contribution < 1.29 is 19.1 Å². The van der Waals surface area contributed by atoms with E-state index in [9.17, 15) is 9.59 Å². The summed E-state index contributed by atoms with van der Waals surface area (Å²) in [6.45, 7) is 0.176. The molecule has 0 spiro atoms. The minimum Gasteiger partial charge on any atom is -0.497 e. The predicted molar refractivity (Wildman–Crippen MR) is 94.0 cm³/mol. The van der Waals surface area contributed by atoms with Crippen molar-refractivity contribution in [2.75, 3.05) is 31.0 Å². The number of esters is 1. The topological polar surface area (TPSA) is 64.6 Å². The molecule has 0 aliphatic carbocycles. The molecule has 1 atom stereocenters. The standard InChI is InChI=1S/C16H21NO4S2/c1-20-13-4-2-12(3-5-13)9-17-15(18)10-21-16(19)8-14-11-22-6-7-23-14/h2-5,14H,6-11H2,1H3,(H,17,18)/t14-/m0/s1. The maximum absolute atomic E-state index is 11.7. The Balaban J connectivity index is 1.62. The molecular weight excluding hydrogens is 334 g/mol. The zero-order valence-electron chi connectivity index (χ0n) is 13.1. The predicted octanol–water partition coefficient (Wildman–Crippen LogP) is 2.09. The maximum Gasteiger partial charge on any atom is 0.307 e. The van der Waals surface area contributed by atoms with Crippen LogP contribution in [0.4, 0.5) is 0 Å². The monoisotopic (exact) mass is 355 g/mol. The average molecular weight is 355 g/mol. The smallest absolute Gasteiger partial charge is 0.307 e. The fourth-order valence-electron chi connectivity index (χ4n) is 2.04. The van der Waals surface area contributed by atoms with Gasteiger partial charge >= 0.3 is 5.97 Å². The lowest BCUT2D eigenvalue weighted by atomic mass is 10.2. The SMILES string of the molecule is COc1ccc(CNC(=O)COC(=O)C[C@H]2CSCCS2)cc1. The molecule has 0 aromatic heterocycles. The van der Waals surface area contributed by atoms with Gasteiger partial charge in [-0.3, -0.25) is 9.59 Å². The number of rotatable bonds is 7. The summed E-state index contributed by atoms with van der Waals surface area (Å²) >= 11 is 3.66. The van der Waals surface area contributed by atoms with Gasteiger partial charge in [0.15, 0.2) is 6.61 Å². The third kappa shape index (κ3) is 6.74. The summed E-state index contributed by atoms with van der Waals surface area (Å²) in [6, 6.07) is 7.43. The fourth-order valence-corrected chi connectivity index (χ4v) is 4.70. The lowest BCUT2D eigenvalue weighted by Gasteiger charge is -2.19. The first kappa shape index (κ1) is 18.0. The Morgan fingerprint density at radius 3 is 2.70 bits per heavy atom. The van der Waals surface area contributed by atoms with Crippen LogP contribution >= 0.6 is 23.5 Å². The molecule has 0 saturated carbocycles. The van der Waals surface area contributed by atoms with Crippen molar-refractivity contribution in [1.82, 2.24) is 5.32 Å². The second kappa shape index (κ2) is 9.72. The highest BCUT2D eigenvalue weighted by molar-refractivity contribution is 8.06. The molecule has 1 aliphatic heterocycles. The van der Waals surface area contributed by atoms with E-state index in [-0.39, 0.29) is 18.5 Å². The number of hydrogen-bond donors (Lipinski definition) is 1. The minimum absolute atomic E-state index is 0.223. The average Bonchev–Trinajstić information content (AvgIpc) is 2.59. The van der Waals surface area contributed by atoms with Crippen LogP contribution in [0, 0.1) is 0 Å². The number of nitrogens with one attached hydrogen (secondary N) is 1. The van der Waals surface area contributed by atoms with Crippen molar-refractivity contribution in [3.8, 4) is 5.75 Å². The van der Waals surface area contributed by atoms with E-state index in [1.54, 1.807) is 18.9 Å². The molecule has 1 aromatic rings. The van der Waals surface area contributed by atoms with Crippen molar-refractivity contribution in [3.05, 3.63) is 29.8 Å². The Kier molecular flexibility index (Phi) is 7.61. The van der Waals surface area contributed by atoms with E-state index in [4.69, 9.17) is 9.47 Å². The summed E-state index contributed by atoms with van der Waals surface area (Å²) in [5.41, 5.74) is 0.959. The Morgan fingerprint density at radius 1 is 1.26 bits per heavy atom. The van der Waals surface area contributed by atoms with Gasteiger partial charge in [-0.05, 0) is 17.7 Å². The lowest BCUT2D eigenvalue weighted by molar-refractivity contribution is -0.148. The van der Waals surface area contributed by atoms with Crippen molar-refractivity contribution in [3.63, 3.8) is 0 Å². The summed E-state index contributed by atoms with van der Waals surface area (Å²) in [4.78, 5) is 23.4. The molecule has 5 nitrogen and oxygen atoms in total. The molecule has 0 bridgehead atoms. The van der Waals surface area contributed by atoms with E-state index in [1.807, 2.05) is 36.0 Å². The summed E-state index contributed by atoms with van der Waals surface area (Å²) < 4.78 is 10.1. The molecule has 23 heavy (non-hydrogen) atoms. The van der Waals surface area contributed by atoms with Gasteiger partial charge in [0.25, 0.3) is 5.91 Å². The molecule has 126 valence electrons. The van der Waals surface area contributed by atoms with E-state index in [0.29, 0.717) is 18.2 Å². The highest BCUT2D eigenvalue weighted by atomic mass is 32.2. The number of ether oxygens (including phenoxy) is 2. The van der Waals surface area contributed by atoms with Crippen molar-refractivity contribution >= 4 is 35.4 Å². The molecule has 0 radical (unpaired) electrons. The van der Waals surface area contributed by atoms with E-state index in [0.717, 1.165) is 28.6 Å². The Morgan fingerprint density at radius 2 is 2.04 bits per heavy atom. The number of methoxy groups -OCH3 is 1. The zero-order valence-corrected chi connectivity index (χ0v) is 14.7. The van der Waals surface area contributed by atoms with Gasteiger partial charge in [0.05, 0.1) is 13.5 Å². The molecule has 0 unspecified atom stereocenters. The maximum atomic E-state index is 11.7. The van der Waals surface area contributed by atoms with Gasteiger partial charge in [-0.15, -0.1) is 0 Å². The van der Waals surface area contributed by atoms with E-state index in [2.05, 4.69) is 5.32 Å². The second-order valence-corrected chi connectivity index (χ2v) is 7.62. The summed E-state index contributed by atoms with van der Waals surface area (Å²) in [7, 11) is 1.61. The first-order chi connectivity index (χ1) is 11.2. The summed E-state index contributed by atoms with van der Waals surface area (Å²) in [6.07, 6.45) is 0.378. The van der Waals surface area contributed by atoms with Gasteiger partial charge in [0.1, 0.15) is 5.75 Å². The fraction of sp³-hybridized carbons (Fsp3) is 0.500. The number of hydrogen-bond acceptors (Lipinski definition) is 6. The number of benzene rings is 1. The molecular formula is C16H21NO4S2. The van der Waals surface area contributed by atoms with Gasteiger partial charge in [-0.25, -0.2) is 0 Å². The summed E-state index contributed by atoms with van der Waals surface area (Å²) in [5, 5.41) is 3.04. The molecule has 1 aromatic carbocycles. The van der Waals surface area contributed by atoms with Gasteiger partial charge < -0.3 is 14.8 Å². The largest absolute Gasteiger partial charge is 0.497 e. The second-order valence-electron chi connectivity index (χ2n) is 5.06. The van der Waals surface area contributed by atoms with E-state index in [1.165, 1.54) is 0 Å². The van der Waals surface area contributed by atoms with Gasteiger partial charge in [0, 0.05) is 29.1 Å². The van der Waals surface area contributed by atoms with Crippen LogP contribution in [0.5, 0.6) is 5.75 Å². The van der Waals surface area contributed by atoms with E-state index < -0.39 is 0 Å². The van der Waals surface area contributed by atoms with Crippen molar-refractivity contribution in [2.24, 2.45) is 0 Å². The van der Waals surface area contributed by atoms with Crippen LogP contribution in [-0.4, -0.2) is 48.1 Å². The highest BCUT2D eigenvalue weighted by Gasteiger charge is 2.19. The van der Waals surface area contributed by atoms with Crippen LogP contribution in [0.25, 0.3) is 0 Å². The lowest BCUT2D eigenvalue weighted by Crippen LogP contribution is -2.29. The van der Waals surface area contributed by atoms with Gasteiger partial charge in [-0.1, -0.05) is 12.1 Å². The summed E-state index contributed by atoms with van der Waals surface area (Å²) in [5.74, 6) is 3.37. The Labute approximate surface area is 144 Å². The van der Waals surface area contributed by atoms with Crippen molar-refractivity contribution in [2.45, 2.75) is 18.2 Å². The van der Waals surface area contributed by atoms with Crippen LogP contribution in [0.3, 0.4) is 0 Å². The molecule has 1 saturated heterocycles. The highest BCUT2D eigenvalue weighted by Crippen LogP contribution is 2.26.